The molecule has 0 bridgehead atoms. The van der Waals surface area contributed by atoms with Gasteiger partial charge in [-0.15, -0.1) is 0 Å². The zero-order chi connectivity index (χ0) is 10.2. The minimum atomic E-state index is -0.528. The number of Topliss-reactive ketones (excluding diaryl/α,β-unsaturated/α-hetero) is 1. The normalized spacial score (nSPS) is 24.4. The number of ketones is 1. The maximum absolute atomic E-state index is 11.9. The minimum Gasteiger partial charge on any atom is -0.293 e. The second kappa shape index (κ2) is 2.91. The Morgan fingerprint density at radius 3 is 3.14 bits per heavy atom. The summed E-state index contributed by atoms with van der Waals surface area (Å²) in [6.45, 7) is 1.85. The van der Waals surface area contributed by atoms with Gasteiger partial charge in [-0.3, -0.25) is 9.78 Å². The Labute approximate surface area is 82.4 Å². The third kappa shape index (κ3) is 1.12. The average Bonchev–Trinajstić information content (AvgIpc) is 2.41. The first kappa shape index (κ1) is 8.89. The van der Waals surface area contributed by atoms with Crippen LogP contribution in [-0.2, 0) is 6.42 Å². The average molecular weight is 186 g/mol. The van der Waals surface area contributed by atoms with Crippen LogP contribution in [0.5, 0.6) is 0 Å². The van der Waals surface area contributed by atoms with Crippen molar-refractivity contribution in [1.29, 1.82) is 5.26 Å². The number of nitrogens with zero attached hydrogens (tertiary/aromatic N) is 2. The number of pyridine rings is 1. The molecular weight excluding hydrogens is 176 g/mol. The van der Waals surface area contributed by atoms with E-state index in [9.17, 15) is 4.79 Å². The fraction of sp³-hybridized carbons (Fsp3) is 0.364. The van der Waals surface area contributed by atoms with Crippen LogP contribution in [0.3, 0.4) is 0 Å². The Kier molecular flexibility index (Phi) is 1.85. The third-order valence-corrected chi connectivity index (χ3v) is 2.75. The molecule has 0 aliphatic heterocycles. The van der Waals surface area contributed by atoms with Gasteiger partial charge in [0.15, 0.2) is 5.78 Å². The van der Waals surface area contributed by atoms with Crippen molar-refractivity contribution in [2.24, 2.45) is 5.41 Å². The van der Waals surface area contributed by atoms with Crippen LogP contribution >= 0.6 is 0 Å². The predicted octanol–water partition coefficient (Wildman–Crippen LogP) is 1.74. The molecule has 0 aromatic carbocycles. The molecule has 0 saturated carbocycles. The summed E-state index contributed by atoms with van der Waals surface area (Å²) in [7, 11) is 0. The highest BCUT2D eigenvalue weighted by Gasteiger charge is 2.41. The lowest BCUT2D eigenvalue weighted by atomic mass is 9.83. The van der Waals surface area contributed by atoms with Gasteiger partial charge in [0.1, 0.15) is 0 Å². The van der Waals surface area contributed by atoms with Crippen molar-refractivity contribution in [3.63, 3.8) is 0 Å². The number of hydrogen-bond donors (Lipinski definition) is 0. The van der Waals surface area contributed by atoms with E-state index in [2.05, 4.69) is 11.1 Å². The van der Waals surface area contributed by atoms with Gasteiger partial charge in [0.2, 0.25) is 0 Å². The van der Waals surface area contributed by atoms with Crippen LogP contribution < -0.4 is 0 Å². The molecule has 1 heterocycles. The summed E-state index contributed by atoms with van der Waals surface area (Å²) in [5.41, 5.74) is 1.17. The molecule has 0 N–H and O–H groups in total. The summed E-state index contributed by atoms with van der Waals surface area (Å²) in [5.74, 6) is 0.0575. The molecule has 1 unspecified atom stereocenters. The Morgan fingerprint density at radius 2 is 2.50 bits per heavy atom. The van der Waals surface area contributed by atoms with Gasteiger partial charge in [0.25, 0.3) is 0 Å². The van der Waals surface area contributed by atoms with Crippen molar-refractivity contribution in [1.82, 2.24) is 4.98 Å². The lowest BCUT2D eigenvalue weighted by molar-refractivity contribution is 0.0847. The second-order valence-electron chi connectivity index (χ2n) is 3.93. The zero-order valence-corrected chi connectivity index (χ0v) is 7.95. The standard InChI is InChI=1S/C11H10N2O/c1-11(3-4-12)6-8-2-5-13-7-9(8)10(11)14/h2,5,7H,3,6H2,1H3. The molecule has 1 aliphatic rings. The lowest BCUT2D eigenvalue weighted by Crippen LogP contribution is -2.23. The topological polar surface area (TPSA) is 53.8 Å². The Hall–Kier alpha value is -1.69. The summed E-state index contributed by atoms with van der Waals surface area (Å²) in [6, 6.07) is 3.93. The first-order valence-corrected chi connectivity index (χ1v) is 4.52. The zero-order valence-electron chi connectivity index (χ0n) is 7.95. The number of carbonyl (C=O) groups excluding carboxylic acids is 1. The van der Waals surface area contributed by atoms with E-state index in [-0.39, 0.29) is 12.2 Å². The van der Waals surface area contributed by atoms with Gasteiger partial charge in [-0.2, -0.15) is 5.26 Å². The van der Waals surface area contributed by atoms with E-state index < -0.39 is 5.41 Å². The highest BCUT2D eigenvalue weighted by atomic mass is 16.1. The molecular formula is C11H10N2O. The Balaban J connectivity index is 2.44. The van der Waals surface area contributed by atoms with Crippen molar-refractivity contribution >= 4 is 5.78 Å². The van der Waals surface area contributed by atoms with Gasteiger partial charge in [0, 0.05) is 29.8 Å². The van der Waals surface area contributed by atoms with Crippen LogP contribution in [0.1, 0.15) is 29.3 Å². The molecule has 0 fully saturated rings. The number of nitriles is 1. The summed E-state index contributed by atoms with van der Waals surface area (Å²) >= 11 is 0. The summed E-state index contributed by atoms with van der Waals surface area (Å²) in [4.78, 5) is 15.8. The first-order chi connectivity index (χ1) is 6.67. The van der Waals surface area contributed by atoms with Gasteiger partial charge >= 0.3 is 0 Å². The second-order valence-corrected chi connectivity index (χ2v) is 3.93. The van der Waals surface area contributed by atoms with Gasteiger partial charge in [0.05, 0.1) is 6.07 Å². The van der Waals surface area contributed by atoms with Crippen molar-refractivity contribution in [2.45, 2.75) is 19.8 Å². The summed E-state index contributed by atoms with van der Waals surface area (Å²) in [6.07, 6.45) is 4.22. The predicted molar refractivity (Wildman–Crippen MR) is 50.6 cm³/mol. The molecule has 1 atom stereocenters. The van der Waals surface area contributed by atoms with E-state index in [0.717, 1.165) is 5.56 Å². The fourth-order valence-corrected chi connectivity index (χ4v) is 1.92. The van der Waals surface area contributed by atoms with Gasteiger partial charge in [-0.05, 0) is 18.1 Å². The van der Waals surface area contributed by atoms with Crippen molar-refractivity contribution in [3.8, 4) is 6.07 Å². The summed E-state index contributed by atoms with van der Waals surface area (Å²) < 4.78 is 0. The van der Waals surface area contributed by atoms with Gasteiger partial charge in [-0.1, -0.05) is 6.92 Å². The Morgan fingerprint density at radius 1 is 1.71 bits per heavy atom. The summed E-state index contributed by atoms with van der Waals surface area (Å²) in [5, 5.41) is 8.67. The van der Waals surface area contributed by atoms with Crippen LogP contribution in [0.25, 0.3) is 0 Å². The van der Waals surface area contributed by atoms with E-state index in [0.29, 0.717) is 12.0 Å². The highest BCUT2D eigenvalue weighted by molar-refractivity contribution is 6.04. The van der Waals surface area contributed by atoms with E-state index in [1.807, 2.05) is 13.0 Å². The molecule has 0 radical (unpaired) electrons. The number of aromatic nitrogens is 1. The molecule has 1 aromatic rings. The van der Waals surface area contributed by atoms with E-state index in [1.165, 1.54) is 0 Å². The van der Waals surface area contributed by atoms with Crippen LogP contribution in [0.4, 0.5) is 0 Å². The largest absolute Gasteiger partial charge is 0.293 e. The van der Waals surface area contributed by atoms with Crippen LogP contribution in [0.15, 0.2) is 18.5 Å². The SMILES string of the molecule is CC1(CC#N)Cc2ccncc2C1=O. The van der Waals surface area contributed by atoms with Crippen LogP contribution in [-0.4, -0.2) is 10.8 Å². The molecule has 0 saturated heterocycles. The highest BCUT2D eigenvalue weighted by Crippen LogP contribution is 2.38. The number of fused-ring (bicyclic) bond motifs is 1. The van der Waals surface area contributed by atoms with Crippen LogP contribution in [0.2, 0.25) is 0 Å². The van der Waals surface area contributed by atoms with E-state index in [1.54, 1.807) is 12.4 Å². The Bertz CT molecular complexity index is 433. The van der Waals surface area contributed by atoms with Crippen LogP contribution in [0, 0.1) is 16.7 Å². The molecule has 2 rings (SSSR count). The van der Waals surface area contributed by atoms with E-state index >= 15 is 0 Å². The molecule has 3 nitrogen and oxygen atoms in total. The lowest BCUT2D eigenvalue weighted by Gasteiger charge is -2.16. The maximum Gasteiger partial charge on any atom is 0.171 e. The van der Waals surface area contributed by atoms with Crippen molar-refractivity contribution < 1.29 is 4.79 Å². The molecule has 1 aliphatic carbocycles. The van der Waals surface area contributed by atoms with Gasteiger partial charge < -0.3 is 0 Å². The molecule has 70 valence electrons. The van der Waals surface area contributed by atoms with Crippen molar-refractivity contribution in [2.75, 3.05) is 0 Å². The van der Waals surface area contributed by atoms with Crippen molar-refractivity contribution in [3.05, 3.63) is 29.6 Å². The van der Waals surface area contributed by atoms with Gasteiger partial charge in [-0.25, -0.2) is 0 Å². The molecule has 3 heteroatoms. The smallest absolute Gasteiger partial charge is 0.171 e. The number of carbonyl (C=O) groups is 1. The molecule has 14 heavy (non-hydrogen) atoms. The quantitative estimate of drug-likeness (QED) is 0.671. The number of hydrogen-bond acceptors (Lipinski definition) is 3. The third-order valence-electron chi connectivity index (χ3n) is 2.75. The molecule has 0 spiro atoms. The fourth-order valence-electron chi connectivity index (χ4n) is 1.92. The minimum absolute atomic E-state index is 0.0575. The maximum atomic E-state index is 11.9. The molecule has 0 amide bonds. The monoisotopic (exact) mass is 186 g/mol. The number of rotatable bonds is 1. The molecule has 1 aromatic heterocycles. The first-order valence-electron chi connectivity index (χ1n) is 4.52. The van der Waals surface area contributed by atoms with E-state index in [4.69, 9.17) is 5.26 Å².